The van der Waals surface area contributed by atoms with Gasteiger partial charge in [0.1, 0.15) is 0 Å². The SMILES string of the molecule is COc1cc(Cc2nccc3cc(OC)c(OC)cc23)c(NS(=O)(=O)c2ccc3ccccc3c2)cc1OC. The molecule has 1 aromatic heterocycles. The number of pyridine rings is 1. The van der Waals surface area contributed by atoms with Crippen LogP contribution in [0.2, 0.25) is 0 Å². The molecule has 0 spiro atoms. The molecule has 0 bridgehead atoms. The molecule has 0 saturated heterocycles. The lowest BCUT2D eigenvalue weighted by atomic mass is 10.0. The maximum absolute atomic E-state index is 13.5. The number of anilines is 1. The lowest BCUT2D eigenvalue weighted by Gasteiger charge is -2.18. The first-order valence-corrected chi connectivity index (χ1v) is 13.6. The third-order valence-corrected chi connectivity index (χ3v) is 7.96. The van der Waals surface area contributed by atoms with Gasteiger partial charge in [0.15, 0.2) is 23.0 Å². The molecule has 0 fully saturated rings. The standard InChI is InChI=1S/C30H28N2O6S/c1-35-27-15-21-11-12-31-26(24(21)17-29(27)37-3)14-22-16-28(36-2)30(38-4)18-25(22)32-39(33,34)23-10-9-19-7-5-6-8-20(19)13-23/h5-13,15-18,32H,14H2,1-4H3. The molecule has 200 valence electrons. The van der Waals surface area contributed by atoms with E-state index in [0.717, 1.165) is 27.2 Å². The number of hydrogen-bond acceptors (Lipinski definition) is 7. The molecule has 0 amide bonds. The first-order chi connectivity index (χ1) is 18.9. The number of nitrogens with zero attached hydrogens (tertiary/aromatic N) is 1. The highest BCUT2D eigenvalue weighted by Crippen LogP contribution is 2.38. The van der Waals surface area contributed by atoms with Gasteiger partial charge in [-0.1, -0.05) is 30.3 Å². The van der Waals surface area contributed by atoms with Crippen molar-refractivity contribution in [3.8, 4) is 23.0 Å². The zero-order chi connectivity index (χ0) is 27.6. The van der Waals surface area contributed by atoms with Crippen LogP contribution in [0.3, 0.4) is 0 Å². The molecule has 5 rings (SSSR count). The fourth-order valence-corrected chi connectivity index (χ4v) is 5.71. The summed E-state index contributed by atoms with van der Waals surface area (Å²) >= 11 is 0. The van der Waals surface area contributed by atoms with Crippen LogP contribution >= 0.6 is 0 Å². The summed E-state index contributed by atoms with van der Waals surface area (Å²) in [7, 11) is 2.27. The van der Waals surface area contributed by atoms with Gasteiger partial charge in [-0.15, -0.1) is 0 Å². The van der Waals surface area contributed by atoms with Crippen molar-refractivity contribution >= 4 is 37.3 Å². The van der Waals surface area contributed by atoms with E-state index in [1.807, 2.05) is 42.5 Å². The molecule has 1 heterocycles. The number of sulfonamides is 1. The van der Waals surface area contributed by atoms with Gasteiger partial charge >= 0.3 is 0 Å². The van der Waals surface area contributed by atoms with Crippen LogP contribution in [0.25, 0.3) is 21.5 Å². The van der Waals surface area contributed by atoms with Gasteiger partial charge in [0, 0.05) is 24.1 Å². The summed E-state index contributed by atoms with van der Waals surface area (Å²) in [5.74, 6) is 2.05. The van der Waals surface area contributed by atoms with Crippen molar-refractivity contribution in [3.63, 3.8) is 0 Å². The minimum absolute atomic E-state index is 0.155. The highest BCUT2D eigenvalue weighted by atomic mass is 32.2. The van der Waals surface area contributed by atoms with Crippen LogP contribution in [-0.2, 0) is 16.4 Å². The minimum Gasteiger partial charge on any atom is -0.493 e. The van der Waals surface area contributed by atoms with E-state index in [-0.39, 0.29) is 4.90 Å². The predicted molar refractivity (Wildman–Crippen MR) is 152 cm³/mol. The molecule has 39 heavy (non-hydrogen) atoms. The molecule has 0 atom stereocenters. The van der Waals surface area contributed by atoms with Gasteiger partial charge in [-0.3, -0.25) is 9.71 Å². The van der Waals surface area contributed by atoms with E-state index in [1.54, 1.807) is 50.7 Å². The van der Waals surface area contributed by atoms with Gasteiger partial charge in [-0.05, 0) is 58.1 Å². The van der Waals surface area contributed by atoms with E-state index >= 15 is 0 Å². The van der Waals surface area contributed by atoms with Crippen molar-refractivity contribution in [2.75, 3.05) is 33.2 Å². The average Bonchev–Trinajstić information content (AvgIpc) is 2.96. The van der Waals surface area contributed by atoms with Crippen LogP contribution < -0.4 is 23.7 Å². The first kappa shape index (κ1) is 26.1. The van der Waals surface area contributed by atoms with E-state index in [4.69, 9.17) is 18.9 Å². The van der Waals surface area contributed by atoms with Gasteiger partial charge in [0.25, 0.3) is 10.0 Å². The van der Waals surface area contributed by atoms with E-state index in [9.17, 15) is 8.42 Å². The Kier molecular flexibility index (Phi) is 7.17. The maximum atomic E-state index is 13.5. The second-order valence-electron chi connectivity index (χ2n) is 8.84. The van der Waals surface area contributed by atoms with Gasteiger partial charge in [0.2, 0.25) is 0 Å². The zero-order valence-corrected chi connectivity index (χ0v) is 22.8. The predicted octanol–water partition coefficient (Wildman–Crippen LogP) is 5.81. The minimum atomic E-state index is -3.93. The zero-order valence-electron chi connectivity index (χ0n) is 22.0. The van der Waals surface area contributed by atoms with Crippen molar-refractivity contribution in [3.05, 3.63) is 90.3 Å². The smallest absolute Gasteiger partial charge is 0.261 e. The highest BCUT2D eigenvalue weighted by molar-refractivity contribution is 7.92. The number of rotatable bonds is 9. The molecule has 0 saturated carbocycles. The Morgan fingerprint density at radius 3 is 2.05 bits per heavy atom. The normalized spacial score (nSPS) is 11.4. The van der Waals surface area contributed by atoms with Gasteiger partial charge in [-0.2, -0.15) is 0 Å². The largest absolute Gasteiger partial charge is 0.493 e. The monoisotopic (exact) mass is 544 g/mol. The molecule has 0 aliphatic carbocycles. The van der Waals surface area contributed by atoms with Gasteiger partial charge in [-0.25, -0.2) is 8.42 Å². The topological polar surface area (TPSA) is 96.0 Å². The summed E-state index contributed by atoms with van der Waals surface area (Å²) in [6.45, 7) is 0. The molecular weight excluding hydrogens is 516 g/mol. The summed E-state index contributed by atoms with van der Waals surface area (Å²) < 4.78 is 51.8. The lowest BCUT2D eigenvalue weighted by Crippen LogP contribution is -2.15. The number of ether oxygens (including phenoxy) is 4. The molecule has 0 aliphatic rings. The average molecular weight is 545 g/mol. The van der Waals surface area contributed by atoms with Gasteiger partial charge < -0.3 is 18.9 Å². The van der Waals surface area contributed by atoms with Crippen LogP contribution in [0.5, 0.6) is 23.0 Å². The third kappa shape index (κ3) is 5.13. The maximum Gasteiger partial charge on any atom is 0.261 e. The van der Waals surface area contributed by atoms with E-state index in [1.165, 1.54) is 14.2 Å². The number of fused-ring (bicyclic) bond motifs is 2. The van der Waals surface area contributed by atoms with Crippen molar-refractivity contribution in [2.45, 2.75) is 11.3 Å². The fourth-order valence-electron chi connectivity index (χ4n) is 4.58. The quantitative estimate of drug-likeness (QED) is 0.250. The van der Waals surface area contributed by atoms with Crippen LogP contribution in [0, 0.1) is 0 Å². The molecule has 1 N–H and O–H groups in total. The van der Waals surface area contributed by atoms with Crippen molar-refractivity contribution in [1.82, 2.24) is 4.98 Å². The molecular formula is C30H28N2O6S. The lowest BCUT2D eigenvalue weighted by molar-refractivity contribution is 0.355. The molecule has 0 aliphatic heterocycles. The Labute approximate surface area is 227 Å². The fraction of sp³-hybridized carbons (Fsp3) is 0.167. The summed E-state index contributed by atoms with van der Waals surface area (Å²) in [4.78, 5) is 4.77. The summed E-state index contributed by atoms with van der Waals surface area (Å²) in [5.41, 5.74) is 1.75. The Morgan fingerprint density at radius 1 is 0.692 bits per heavy atom. The Balaban J connectivity index is 1.60. The van der Waals surface area contributed by atoms with Crippen LogP contribution in [-0.4, -0.2) is 41.8 Å². The Hall–Kier alpha value is -4.50. The second kappa shape index (κ2) is 10.7. The van der Waals surface area contributed by atoms with Gasteiger partial charge in [0.05, 0.1) is 44.7 Å². The summed E-state index contributed by atoms with van der Waals surface area (Å²) in [6, 6.07) is 21.7. The molecule has 0 unspecified atom stereocenters. The third-order valence-electron chi connectivity index (χ3n) is 6.59. The van der Waals surface area contributed by atoms with Crippen LogP contribution in [0.15, 0.2) is 83.9 Å². The molecule has 9 heteroatoms. The first-order valence-electron chi connectivity index (χ1n) is 12.1. The van der Waals surface area contributed by atoms with Crippen molar-refractivity contribution in [2.24, 2.45) is 0 Å². The number of benzene rings is 4. The van der Waals surface area contributed by atoms with Crippen molar-refractivity contribution < 1.29 is 27.4 Å². The van der Waals surface area contributed by atoms with E-state index < -0.39 is 10.0 Å². The number of aromatic nitrogens is 1. The molecule has 5 aromatic rings. The number of hydrogen-bond donors (Lipinski definition) is 1. The molecule has 8 nitrogen and oxygen atoms in total. The van der Waals surface area contributed by atoms with Crippen LogP contribution in [0.1, 0.15) is 11.3 Å². The number of methoxy groups -OCH3 is 4. The number of nitrogens with one attached hydrogen (secondary N) is 1. The second-order valence-corrected chi connectivity index (χ2v) is 10.5. The molecule has 4 aromatic carbocycles. The Bertz CT molecular complexity index is 1790. The molecule has 0 radical (unpaired) electrons. The van der Waals surface area contributed by atoms with Crippen molar-refractivity contribution in [1.29, 1.82) is 0 Å². The summed E-state index contributed by atoms with van der Waals surface area (Å²) in [6.07, 6.45) is 2.02. The van der Waals surface area contributed by atoms with E-state index in [0.29, 0.717) is 40.7 Å². The van der Waals surface area contributed by atoms with Crippen LogP contribution in [0.4, 0.5) is 5.69 Å². The highest BCUT2D eigenvalue weighted by Gasteiger charge is 2.21. The summed E-state index contributed by atoms with van der Waals surface area (Å²) in [5, 5.41) is 3.55. The van der Waals surface area contributed by atoms with E-state index in [2.05, 4.69) is 9.71 Å². The Morgan fingerprint density at radius 2 is 1.33 bits per heavy atom.